The minimum Gasteiger partial charge on any atom is -0.327 e. The first kappa shape index (κ1) is 12.2. The Morgan fingerprint density at radius 2 is 2.13 bits per heavy atom. The molecule has 15 heavy (non-hydrogen) atoms. The smallest absolute Gasteiger partial charge is 0.125 e. The number of hydrogen-bond donors (Lipinski definition) is 1. The maximum Gasteiger partial charge on any atom is 0.125 e. The van der Waals surface area contributed by atoms with Crippen molar-refractivity contribution >= 4 is 17.7 Å². The summed E-state index contributed by atoms with van der Waals surface area (Å²) in [5.74, 6) is 0.0333. The molecule has 1 aromatic carbocycles. The van der Waals surface area contributed by atoms with Crippen LogP contribution in [-0.4, -0.2) is 6.54 Å². The molecule has 0 unspecified atom stereocenters. The molecule has 3 heteroatoms. The molecule has 1 rings (SSSR count). The van der Waals surface area contributed by atoms with Crippen LogP contribution in [0.25, 0.3) is 6.08 Å². The quantitative estimate of drug-likeness (QED) is 0.841. The average molecular weight is 228 g/mol. The summed E-state index contributed by atoms with van der Waals surface area (Å²) in [5, 5.41) is 0.404. The maximum atomic E-state index is 13.0. The maximum absolute atomic E-state index is 13.0. The Bertz CT molecular complexity index is 352. The number of benzene rings is 1. The lowest BCUT2D eigenvalue weighted by Gasteiger charge is -2.08. The van der Waals surface area contributed by atoms with Crippen molar-refractivity contribution < 1.29 is 4.39 Å². The molecule has 82 valence electrons. The number of rotatable bonds is 3. The van der Waals surface area contributed by atoms with Gasteiger partial charge in [0.25, 0.3) is 0 Å². The van der Waals surface area contributed by atoms with Crippen molar-refractivity contribution in [1.82, 2.24) is 0 Å². The van der Waals surface area contributed by atoms with E-state index in [-0.39, 0.29) is 5.82 Å². The second-order valence-corrected chi connectivity index (χ2v) is 4.22. The summed E-state index contributed by atoms with van der Waals surface area (Å²) in [4.78, 5) is 0. The first-order chi connectivity index (χ1) is 7.02. The summed E-state index contributed by atoms with van der Waals surface area (Å²) in [6.45, 7) is 4.59. The fraction of sp³-hybridized carbons (Fsp3) is 0.333. The SMILES string of the molecule is CC(C)/C(=C/c1cc(F)cc(Cl)c1)CN. The van der Waals surface area contributed by atoms with Crippen LogP contribution in [0.3, 0.4) is 0 Å². The molecule has 0 aliphatic heterocycles. The molecule has 1 aromatic rings. The zero-order valence-corrected chi connectivity index (χ0v) is 9.68. The summed E-state index contributed by atoms with van der Waals surface area (Å²) in [6.07, 6.45) is 1.89. The lowest BCUT2D eigenvalue weighted by Crippen LogP contribution is -2.08. The molecule has 1 nitrogen and oxygen atoms in total. The Labute approximate surface area is 94.7 Å². The van der Waals surface area contributed by atoms with Crippen LogP contribution in [0.15, 0.2) is 23.8 Å². The first-order valence-corrected chi connectivity index (χ1v) is 5.27. The summed E-state index contributed by atoms with van der Waals surface area (Å²) < 4.78 is 13.0. The molecule has 0 amide bonds. The van der Waals surface area contributed by atoms with Gasteiger partial charge in [-0.1, -0.05) is 37.1 Å². The molecule has 0 aliphatic carbocycles. The van der Waals surface area contributed by atoms with Crippen LogP contribution in [0.2, 0.25) is 5.02 Å². The highest BCUT2D eigenvalue weighted by atomic mass is 35.5. The highest BCUT2D eigenvalue weighted by Gasteiger charge is 2.02. The zero-order chi connectivity index (χ0) is 11.4. The van der Waals surface area contributed by atoms with Crippen molar-refractivity contribution in [2.75, 3.05) is 6.54 Å². The summed E-state index contributed by atoms with van der Waals surface area (Å²) in [7, 11) is 0. The fourth-order valence-corrected chi connectivity index (χ4v) is 1.56. The van der Waals surface area contributed by atoms with Crippen LogP contribution in [0.5, 0.6) is 0 Å². The van der Waals surface area contributed by atoms with Crippen molar-refractivity contribution in [2.24, 2.45) is 11.7 Å². The third kappa shape index (κ3) is 3.65. The fourth-order valence-electron chi connectivity index (χ4n) is 1.33. The minimum atomic E-state index is -0.325. The molecule has 0 saturated carbocycles. The number of halogens is 2. The van der Waals surface area contributed by atoms with Crippen LogP contribution in [0, 0.1) is 11.7 Å². The predicted molar refractivity (Wildman–Crippen MR) is 63.3 cm³/mol. The van der Waals surface area contributed by atoms with Gasteiger partial charge in [0.05, 0.1) is 0 Å². The third-order valence-corrected chi connectivity index (χ3v) is 2.43. The summed E-state index contributed by atoms with van der Waals surface area (Å²) in [5.41, 5.74) is 7.44. The van der Waals surface area contributed by atoms with Crippen molar-refractivity contribution in [2.45, 2.75) is 13.8 Å². The number of nitrogens with two attached hydrogens (primary N) is 1. The van der Waals surface area contributed by atoms with Crippen LogP contribution in [-0.2, 0) is 0 Å². The van der Waals surface area contributed by atoms with Crippen molar-refractivity contribution in [3.8, 4) is 0 Å². The number of hydrogen-bond acceptors (Lipinski definition) is 1. The summed E-state index contributed by atoms with van der Waals surface area (Å²) >= 11 is 5.76. The standard InChI is InChI=1S/C12H15ClFN/c1-8(2)10(7-15)3-9-4-11(13)6-12(14)5-9/h3-6,8H,7,15H2,1-2H3/b10-3+. The van der Waals surface area contributed by atoms with Gasteiger partial charge in [0.15, 0.2) is 0 Å². The van der Waals surface area contributed by atoms with Gasteiger partial charge in [0.1, 0.15) is 5.82 Å². The van der Waals surface area contributed by atoms with E-state index in [1.165, 1.54) is 12.1 Å². The molecular formula is C12H15ClFN. The van der Waals surface area contributed by atoms with Crippen molar-refractivity contribution in [3.05, 3.63) is 40.2 Å². The molecule has 0 aromatic heterocycles. The molecule has 0 fully saturated rings. The Balaban J connectivity index is 3.05. The minimum absolute atomic E-state index is 0.325. The van der Waals surface area contributed by atoms with Gasteiger partial charge in [0.2, 0.25) is 0 Å². The van der Waals surface area contributed by atoms with Gasteiger partial charge < -0.3 is 5.73 Å². The van der Waals surface area contributed by atoms with Crippen LogP contribution >= 0.6 is 11.6 Å². The van der Waals surface area contributed by atoms with E-state index in [4.69, 9.17) is 17.3 Å². The van der Waals surface area contributed by atoms with E-state index in [2.05, 4.69) is 13.8 Å². The van der Waals surface area contributed by atoms with Gasteiger partial charge in [-0.15, -0.1) is 0 Å². The van der Waals surface area contributed by atoms with Gasteiger partial charge in [-0.3, -0.25) is 0 Å². The highest BCUT2D eigenvalue weighted by molar-refractivity contribution is 6.30. The zero-order valence-electron chi connectivity index (χ0n) is 8.93. The van der Waals surface area contributed by atoms with E-state index < -0.39 is 0 Å². The molecule has 0 atom stereocenters. The highest BCUT2D eigenvalue weighted by Crippen LogP contribution is 2.18. The first-order valence-electron chi connectivity index (χ1n) is 4.89. The van der Waals surface area contributed by atoms with Gasteiger partial charge in [0, 0.05) is 11.6 Å². The molecular weight excluding hydrogens is 213 g/mol. The van der Waals surface area contributed by atoms with Crippen LogP contribution < -0.4 is 5.73 Å². The van der Waals surface area contributed by atoms with Crippen LogP contribution in [0.1, 0.15) is 19.4 Å². The molecule has 2 N–H and O–H groups in total. The average Bonchev–Trinajstić information content (AvgIpc) is 2.12. The molecule has 0 heterocycles. The Hall–Kier alpha value is -0.860. The largest absolute Gasteiger partial charge is 0.327 e. The van der Waals surface area contributed by atoms with Crippen molar-refractivity contribution in [1.29, 1.82) is 0 Å². The normalized spacial score (nSPS) is 12.3. The second-order valence-electron chi connectivity index (χ2n) is 3.78. The topological polar surface area (TPSA) is 26.0 Å². The van der Waals surface area contributed by atoms with E-state index >= 15 is 0 Å². The second kappa shape index (κ2) is 5.29. The van der Waals surface area contributed by atoms with Crippen molar-refractivity contribution in [3.63, 3.8) is 0 Å². The van der Waals surface area contributed by atoms with E-state index in [1.54, 1.807) is 6.07 Å². The monoisotopic (exact) mass is 227 g/mol. The lowest BCUT2D eigenvalue weighted by atomic mass is 10.0. The third-order valence-electron chi connectivity index (χ3n) is 2.21. The van der Waals surface area contributed by atoms with E-state index in [0.717, 1.165) is 11.1 Å². The molecule has 0 aliphatic rings. The van der Waals surface area contributed by atoms with Gasteiger partial charge >= 0.3 is 0 Å². The Morgan fingerprint density at radius 1 is 1.47 bits per heavy atom. The predicted octanol–water partition coefficient (Wildman–Crippen LogP) is 3.48. The Kier molecular flexibility index (Phi) is 4.30. The molecule has 0 spiro atoms. The van der Waals surface area contributed by atoms with Gasteiger partial charge in [-0.05, 0) is 29.7 Å². The van der Waals surface area contributed by atoms with E-state index in [1.807, 2.05) is 6.08 Å². The molecule has 0 bridgehead atoms. The molecule has 0 radical (unpaired) electrons. The molecule has 0 saturated heterocycles. The van der Waals surface area contributed by atoms with E-state index in [0.29, 0.717) is 17.5 Å². The van der Waals surface area contributed by atoms with E-state index in [9.17, 15) is 4.39 Å². The van der Waals surface area contributed by atoms with Gasteiger partial charge in [-0.25, -0.2) is 4.39 Å². The Morgan fingerprint density at radius 3 is 2.60 bits per heavy atom. The van der Waals surface area contributed by atoms with Gasteiger partial charge in [-0.2, -0.15) is 0 Å². The van der Waals surface area contributed by atoms with Crippen LogP contribution in [0.4, 0.5) is 4.39 Å². The summed E-state index contributed by atoms with van der Waals surface area (Å²) in [6, 6.07) is 4.46. The lowest BCUT2D eigenvalue weighted by molar-refractivity contribution is 0.627.